The van der Waals surface area contributed by atoms with Crippen molar-refractivity contribution in [1.29, 1.82) is 0 Å². The number of carboxylic acid groups (broad SMARTS) is 1. The Kier molecular flexibility index (Phi) is 2.29. The first-order chi connectivity index (χ1) is 7.16. The fraction of sp³-hybridized carbons (Fsp3) is 0.0833. The lowest BCUT2D eigenvalue weighted by Crippen LogP contribution is -1.94. The van der Waals surface area contributed by atoms with Gasteiger partial charge in [-0.1, -0.05) is 12.1 Å². The fourth-order valence-electron chi connectivity index (χ4n) is 1.47. The number of hydrogen-bond donors (Lipinski definition) is 1. The predicted molar refractivity (Wildman–Crippen MR) is 57.5 cm³/mol. The van der Waals surface area contributed by atoms with E-state index in [1.165, 1.54) is 0 Å². The van der Waals surface area contributed by atoms with Gasteiger partial charge in [0.1, 0.15) is 0 Å². The Morgan fingerprint density at radius 1 is 1.33 bits per heavy atom. The first-order valence-corrected chi connectivity index (χ1v) is 4.65. The lowest BCUT2D eigenvalue weighted by atomic mass is 10.2. The molecule has 3 nitrogen and oxygen atoms in total. The molecule has 0 aliphatic carbocycles. The summed E-state index contributed by atoms with van der Waals surface area (Å²) in [5, 5.41) is 8.79. The van der Waals surface area contributed by atoms with Gasteiger partial charge in [-0.25, -0.2) is 4.79 Å². The molecule has 0 fully saturated rings. The van der Waals surface area contributed by atoms with Crippen molar-refractivity contribution in [3.8, 4) is 5.69 Å². The number of aromatic nitrogens is 1. The highest BCUT2D eigenvalue weighted by molar-refractivity contribution is 5.87. The molecule has 2 rings (SSSR count). The van der Waals surface area contributed by atoms with E-state index in [0.29, 0.717) is 5.56 Å². The largest absolute Gasteiger partial charge is 0.478 e. The minimum Gasteiger partial charge on any atom is -0.478 e. The Balaban J connectivity index is 2.41. The number of carbonyl (C=O) groups is 1. The molecule has 1 heterocycles. The van der Waals surface area contributed by atoms with E-state index in [2.05, 4.69) is 0 Å². The van der Waals surface area contributed by atoms with Gasteiger partial charge in [-0.3, -0.25) is 0 Å². The van der Waals surface area contributed by atoms with E-state index in [4.69, 9.17) is 5.11 Å². The van der Waals surface area contributed by atoms with Crippen molar-refractivity contribution >= 4 is 5.97 Å². The summed E-state index contributed by atoms with van der Waals surface area (Å²) in [6, 6.07) is 9.49. The first kappa shape index (κ1) is 9.52. The van der Waals surface area contributed by atoms with Crippen molar-refractivity contribution in [3.63, 3.8) is 0 Å². The predicted octanol–water partition coefficient (Wildman–Crippen LogP) is 2.48. The molecule has 0 aliphatic rings. The summed E-state index contributed by atoms with van der Waals surface area (Å²) >= 11 is 0. The molecule has 1 aromatic carbocycles. The monoisotopic (exact) mass is 201 g/mol. The molecule has 0 amide bonds. The van der Waals surface area contributed by atoms with Crippen LogP contribution in [0.25, 0.3) is 5.69 Å². The minimum atomic E-state index is -0.901. The van der Waals surface area contributed by atoms with Gasteiger partial charge in [0.15, 0.2) is 0 Å². The smallest absolute Gasteiger partial charge is 0.337 e. The van der Waals surface area contributed by atoms with Crippen LogP contribution in [-0.2, 0) is 0 Å². The SMILES string of the molecule is Cc1cccc(-n2ccc(C(=O)O)c2)c1. The fourth-order valence-corrected chi connectivity index (χ4v) is 1.47. The number of nitrogens with zero attached hydrogens (tertiary/aromatic N) is 1. The minimum absolute atomic E-state index is 0.302. The zero-order valence-corrected chi connectivity index (χ0v) is 8.34. The molecular formula is C12H11NO2. The van der Waals surface area contributed by atoms with Crippen LogP contribution in [0.1, 0.15) is 15.9 Å². The third-order valence-electron chi connectivity index (χ3n) is 2.24. The molecule has 0 radical (unpaired) electrons. The van der Waals surface area contributed by atoms with E-state index < -0.39 is 5.97 Å². The third-order valence-corrected chi connectivity index (χ3v) is 2.24. The van der Waals surface area contributed by atoms with E-state index in [0.717, 1.165) is 11.3 Å². The summed E-state index contributed by atoms with van der Waals surface area (Å²) in [5.74, 6) is -0.901. The lowest BCUT2D eigenvalue weighted by Gasteiger charge is -2.02. The summed E-state index contributed by atoms with van der Waals surface area (Å²) in [5.41, 5.74) is 2.43. The van der Waals surface area contributed by atoms with Crippen LogP contribution in [0.5, 0.6) is 0 Å². The van der Waals surface area contributed by atoms with E-state index in [-0.39, 0.29) is 0 Å². The number of aromatic carboxylic acids is 1. The average molecular weight is 201 g/mol. The van der Waals surface area contributed by atoms with Crippen LogP contribution >= 0.6 is 0 Å². The van der Waals surface area contributed by atoms with Crippen molar-refractivity contribution in [2.75, 3.05) is 0 Å². The number of aryl methyl sites for hydroxylation is 1. The van der Waals surface area contributed by atoms with E-state index >= 15 is 0 Å². The van der Waals surface area contributed by atoms with Crippen LogP contribution in [0.3, 0.4) is 0 Å². The molecule has 0 aliphatic heterocycles. The highest BCUT2D eigenvalue weighted by Crippen LogP contribution is 2.12. The standard InChI is InChI=1S/C12H11NO2/c1-9-3-2-4-11(7-9)13-6-5-10(8-13)12(14)15/h2-8H,1H3,(H,14,15). The summed E-state index contributed by atoms with van der Waals surface area (Å²) in [6.07, 6.45) is 3.36. The van der Waals surface area contributed by atoms with Crippen LogP contribution in [0.2, 0.25) is 0 Å². The van der Waals surface area contributed by atoms with Gasteiger partial charge in [0.2, 0.25) is 0 Å². The molecule has 76 valence electrons. The van der Waals surface area contributed by atoms with Crippen molar-refractivity contribution in [2.24, 2.45) is 0 Å². The van der Waals surface area contributed by atoms with E-state index in [9.17, 15) is 4.79 Å². The summed E-state index contributed by atoms with van der Waals surface area (Å²) < 4.78 is 1.80. The van der Waals surface area contributed by atoms with Crippen LogP contribution in [0.15, 0.2) is 42.7 Å². The molecule has 1 N–H and O–H groups in total. The highest BCUT2D eigenvalue weighted by atomic mass is 16.4. The molecule has 0 bridgehead atoms. The van der Waals surface area contributed by atoms with Gasteiger partial charge in [-0.2, -0.15) is 0 Å². The molecule has 2 aromatic rings. The van der Waals surface area contributed by atoms with Gasteiger partial charge >= 0.3 is 5.97 Å². The highest BCUT2D eigenvalue weighted by Gasteiger charge is 2.05. The first-order valence-electron chi connectivity index (χ1n) is 4.65. The van der Waals surface area contributed by atoms with Crippen LogP contribution < -0.4 is 0 Å². The molecule has 0 saturated carbocycles. The van der Waals surface area contributed by atoms with Crippen molar-refractivity contribution in [1.82, 2.24) is 4.57 Å². The Morgan fingerprint density at radius 3 is 2.73 bits per heavy atom. The molecule has 0 atom stereocenters. The molecule has 15 heavy (non-hydrogen) atoms. The maximum atomic E-state index is 10.7. The third kappa shape index (κ3) is 1.91. The summed E-state index contributed by atoms with van der Waals surface area (Å²) in [7, 11) is 0. The lowest BCUT2D eigenvalue weighted by molar-refractivity contribution is 0.0697. The van der Waals surface area contributed by atoms with Crippen LogP contribution in [0.4, 0.5) is 0 Å². The Hall–Kier alpha value is -2.03. The normalized spacial score (nSPS) is 10.2. The Bertz CT molecular complexity index is 500. The van der Waals surface area contributed by atoms with E-state index in [1.54, 1.807) is 23.0 Å². The topological polar surface area (TPSA) is 42.2 Å². The van der Waals surface area contributed by atoms with Crippen molar-refractivity contribution in [3.05, 3.63) is 53.9 Å². The second kappa shape index (κ2) is 3.61. The van der Waals surface area contributed by atoms with Gasteiger partial charge in [-0.05, 0) is 30.7 Å². The van der Waals surface area contributed by atoms with E-state index in [1.807, 2.05) is 31.2 Å². The number of carboxylic acids is 1. The molecule has 0 saturated heterocycles. The second-order valence-corrected chi connectivity index (χ2v) is 3.45. The van der Waals surface area contributed by atoms with Gasteiger partial charge in [0.05, 0.1) is 5.56 Å². The van der Waals surface area contributed by atoms with Crippen LogP contribution in [-0.4, -0.2) is 15.6 Å². The molecule has 0 spiro atoms. The zero-order valence-electron chi connectivity index (χ0n) is 8.34. The average Bonchev–Trinajstić information content (AvgIpc) is 2.66. The van der Waals surface area contributed by atoms with Gasteiger partial charge < -0.3 is 9.67 Å². The number of benzene rings is 1. The Morgan fingerprint density at radius 2 is 2.13 bits per heavy atom. The van der Waals surface area contributed by atoms with Crippen molar-refractivity contribution < 1.29 is 9.90 Å². The van der Waals surface area contributed by atoms with Gasteiger partial charge in [0.25, 0.3) is 0 Å². The van der Waals surface area contributed by atoms with Gasteiger partial charge in [-0.15, -0.1) is 0 Å². The maximum absolute atomic E-state index is 10.7. The maximum Gasteiger partial charge on any atom is 0.337 e. The van der Waals surface area contributed by atoms with Gasteiger partial charge in [0, 0.05) is 18.1 Å². The zero-order chi connectivity index (χ0) is 10.8. The summed E-state index contributed by atoms with van der Waals surface area (Å²) in [6.45, 7) is 2.01. The molecule has 0 unspecified atom stereocenters. The molecule has 1 aromatic heterocycles. The second-order valence-electron chi connectivity index (χ2n) is 3.45. The number of rotatable bonds is 2. The quantitative estimate of drug-likeness (QED) is 0.811. The number of hydrogen-bond acceptors (Lipinski definition) is 1. The molecular weight excluding hydrogens is 190 g/mol. The Labute approximate surface area is 87.6 Å². The van der Waals surface area contributed by atoms with Crippen molar-refractivity contribution in [2.45, 2.75) is 6.92 Å². The summed E-state index contributed by atoms with van der Waals surface area (Å²) in [4.78, 5) is 10.7. The van der Waals surface area contributed by atoms with Crippen LogP contribution in [0, 0.1) is 6.92 Å². The molecule has 3 heteroatoms.